The highest BCUT2D eigenvalue weighted by Gasteiger charge is 2.29. The average Bonchev–Trinajstić information content (AvgIpc) is 2.66. The molecule has 25 heavy (non-hydrogen) atoms. The molecule has 3 rings (SSSR count). The van der Waals surface area contributed by atoms with Crippen molar-refractivity contribution in [1.82, 2.24) is 9.80 Å². The van der Waals surface area contributed by atoms with Gasteiger partial charge in [-0.05, 0) is 63.4 Å². The molecule has 2 saturated heterocycles. The first-order valence-corrected chi connectivity index (χ1v) is 9.20. The van der Waals surface area contributed by atoms with Crippen molar-refractivity contribution in [3.8, 4) is 5.75 Å². The van der Waals surface area contributed by atoms with E-state index in [-0.39, 0.29) is 24.5 Å². The summed E-state index contributed by atoms with van der Waals surface area (Å²) in [5.74, 6) is -0.616. The molecule has 1 aromatic rings. The summed E-state index contributed by atoms with van der Waals surface area (Å²) in [7, 11) is 1.39. The van der Waals surface area contributed by atoms with Gasteiger partial charge >= 0.3 is 0 Å². The summed E-state index contributed by atoms with van der Waals surface area (Å²) in [6, 6.07) is 3.12. The highest BCUT2D eigenvalue weighted by molar-refractivity contribution is 5.32. The summed E-state index contributed by atoms with van der Waals surface area (Å²) in [5, 5.41) is 9.39. The van der Waals surface area contributed by atoms with Gasteiger partial charge in [0.05, 0.1) is 7.11 Å². The van der Waals surface area contributed by atoms with Gasteiger partial charge in [0.25, 0.3) is 0 Å². The van der Waals surface area contributed by atoms with E-state index in [1.54, 1.807) is 0 Å². The third-order valence-corrected chi connectivity index (χ3v) is 5.63. The van der Waals surface area contributed by atoms with E-state index in [2.05, 4.69) is 9.80 Å². The van der Waals surface area contributed by atoms with Crippen molar-refractivity contribution >= 4 is 0 Å². The maximum atomic E-state index is 14.3. The van der Waals surface area contributed by atoms with Crippen LogP contribution in [0.25, 0.3) is 0 Å². The zero-order valence-electron chi connectivity index (χ0n) is 14.9. The maximum Gasteiger partial charge on any atom is 0.172 e. The van der Waals surface area contributed by atoms with Crippen LogP contribution in [0.4, 0.5) is 8.78 Å². The Balaban J connectivity index is 1.56. The molecule has 0 amide bonds. The fraction of sp³-hybridized carbons (Fsp3) is 0.684. The van der Waals surface area contributed by atoms with Gasteiger partial charge in [0.2, 0.25) is 0 Å². The Morgan fingerprint density at radius 3 is 2.60 bits per heavy atom. The zero-order chi connectivity index (χ0) is 17.8. The molecular formula is C19H28F2N2O2. The predicted octanol–water partition coefficient (Wildman–Crippen LogP) is 2.64. The van der Waals surface area contributed by atoms with Gasteiger partial charge in [-0.15, -0.1) is 0 Å². The minimum absolute atomic E-state index is 0.0923. The third kappa shape index (κ3) is 4.30. The number of rotatable bonds is 5. The van der Waals surface area contributed by atoms with Crippen molar-refractivity contribution in [2.75, 3.05) is 39.9 Å². The molecule has 6 heteroatoms. The van der Waals surface area contributed by atoms with Crippen molar-refractivity contribution in [2.24, 2.45) is 5.92 Å². The van der Waals surface area contributed by atoms with Crippen LogP contribution < -0.4 is 4.74 Å². The standard InChI is InChI=1S/C19H28F2N2O2/c1-25-18-5-4-17(20)16(19(18)21)12-22-9-6-15(7-10-22)23-8-2-3-14(11-23)13-24/h4-5,14-15,24H,2-3,6-13H2,1H3/t14-/m0/s1. The van der Waals surface area contributed by atoms with Gasteiger partial charge < -0.3 is 9.84 Å². The van der Waals surface area contributed by atoms with Crippen LogP contribution in [0.1, 0.15) is 31.2 Å². The Morgan fingerprint density at radius 1 is 1.16 bits per heavy atom. The molecule has 4 nitrogen and oxygen atoms in total. The van der Waals surface area contributed by atoms with E-state index >= 15 is 0 Å². The summed E-state index contributed by atoms with van der Waals surface area (Å²) >= 11 is 0. The van der Waals surface area contributed by atoms with Crippen LogP contribution >= 0.6 is 0 Å². The maximum absolute atomic E-state index is 14.3. The van der Waals surface area contributed by atoms with Crippen molar-refractivity contribution in [1.29, 1.82) is 0 Å². The van der Waals surface area contributed by atoms with Gasteiger partial charge in [-0.3, -0.25) is 9.80 Å². The number of ether oxygens (including phenoxy) is 1. The Morgan fingerprint density at radius 2 is 1.92 bits per heavy atom. The number of piperidine rings is 2. The van der Waals surface area contributed by atoms with Crippen LogP contribution in [0.15, 0.2) is 12.1 Å². The van der Waals surface area contributed by atoms with Gasteiger partial charge in [0.15, 0.2) is 11.6 Å². The Labute approximate surface area is 148 Å². The van der Waals surface area contributed by atoms with E-state index in [0.717, 1.165) is 51.9 Å². The Hall–Kier alpha value is -1.24. The quantitative estimate of drug-likeness (QED) is 0.882. The minimum Gasteiger partial charge on any atom is -0.494 e. The lowest BCUT2D eigenvalue weighted by Crippen LogP contribution is -2.48. The highest BCUT2D eigenvalue weighted by atomic mass is 19.1. The first-order chi connectivity index (χ1) is 12.1. The van der Waals surface area contributed by atoms with Gasteiger partial charge in [0.1, 0.15) is 5.82 Å². The number of hydrogen-bond donors (Lipinski definition) is 1. The zero-order valence-corrected chi connectivity index (χ0v) is 14.9. The third-order valence-electron chi connectivity index (χ3n) is 5.63. The van der Waals surface area contributed by atoms with Crippen LogP contribution in [0.5, 0.6) is 5.75 Å². The van der Waals surface area contributed by atoms with E-state index in [1.807, 2.05) is 0 Å². The van der Waals surface area contributed by atoms with Crippen molar-refractivity contribution in [3.63, 3.8) is 0 Å². The summed E-state index contributed by atoms with van der Waals surface area (Å²) in [5.41, 5.74) is 0.0936. The second-order valence-electron chi connectivity index (χ2n) is 7.24. The van der Waals surface area contributed by atoms with Crippen LogP contribution in [0.2, 0.25) is 0 Å². The van der Waals surface area contributed by atoms with Gasteiger partial charge in [-0.2, -0.15) is 0 Å². The number of benzene rings is 1. The number of hydrogen-bond acceptors (Lipinski definition) is 4. The van der Waals surface area contributed by atoms with E-state index < -0.39 is 11.6 Å². The fourth-order valence-corrected chi connectivity index (χ4v) is 4.12. The molecule has 140 valence electrons. The fourth-order valence-electron chi connectivity index (χ4n) is 4.12. The highest BCUT2D eigenvalue weighted by Crippen LogP contribution is 2.27. The van der Waals surface area contributed by atoms with E-state index in [0.29, 0.717) is 12.0 Å². The summed E-state index contributed by atoms with van der Waals surface area (Å²) in [6.07, 6.45) is 4.27. The monoisotopic (exact) mass is 354 g/mol. The van der Waals surface area contributed by atoms with Gasteiger partial charge in [-0.1, -0.05) is 0 Å². The van der Waals surface area contributed by atoms with Crippen LogP contribution in [-0.4, -0.2) is 60.8 Å². The molecule has 2 aliphatic rings. The Bertz CT molecular complexity index is 577. The number of nitrogens with zero attached hydrogens (tertiary/aromatic N) is 2. The molecule has 1 atom stereocenters. The normalized spacial score (nSPS) is 23.8. The average molecular weight is 354 g/mol. The largest absolute Gasteiger partial charge is 0.494 e. The molecule has 2 fully saturated rings. The second kappa shape index (κ2) is 8.43. The minimum atomic E-state index is -0.591. The molecule has 0 aliphatic carbocycles. The lowest BCUT2D eigenvalue weighted by Gasteiger charge is -2.42. The van der Waals surface area contributed by atoms with Crippen LogP contribution in [-0.2, 0) is 6.54 Å². The predicted molar refractivity (Wildman–Crippen MR) is 92.6 cm³/mol. The summed E-state index contributed by atoms with van der Waals surface area (Å²) in [4.78, 5) is 4.61. The molecule has 1 N–H and O–H groups in total. The first kappa shape index (κ1) is 18.5. The van der Waals surface area contributed by atoms with Gasteiger partial charge in [-0.25, -0.2) is 8.78 Å². The molecule has 0 unspecified atom stereocenters. The SMILES string of the molecule is COc1ccc(F)c(CN2CCC(N3CCC[C@H](CO)C3)CC2)c1F. The number of aliphatic hydroxyl groups is 1. The number of aliphatic hydroxyl groups excluding tert-OH is 1. The summed E-state index contributed by atoms with van der Waals surface area (Å²) < 4.78 is 33.3. The van der Waals surface area contributed by atoms with Crippen molar-refractivity contribution in [3.05, 3.63) is 29.3 Å². The molecular weight excluding hydrogens is 326 g/mol. The van der Waals surface area contributed by atoms with Crippen LogP contribution in [0, 0.1) is 17.6 Å². The topological polar surface area (TPSA) is 35.9 Å². The van der Waals surface area contributed by atoms with E-state index in [9.17, 15) is 13.9 Å². The number of halogens is 2. The van der Waals surface area contributed by atoms with Crippen LogP contribution in [0.3, 0.4) is 0 Å². The first-order valence-electron chi connectivity index (χ1n) is 9.20. The molecule has 0 radical (unpaired) electrons. The van der Waals surface area contributed by atoms with Crippen molar-refractivity contribution in [2.45, 2.75) is 38.3 Å². The van der Waals surface area contributed by atoms with E-state index in [1.165, 1.54) is 19.2 Å². The number of likely N-dealkylation sites (tertiary alicyclic amines) is 2. The number of methoxy groups -OCH3 is 1. The lowest BCUT2D eigenvalue weighted by molar-refractivity contribution is 0.0521. The molecule has 1 aromatic carbocycles. The molecule has 2 aliphatic heterocycles. The Kier molecular flexibility index (Phi) is 6.25. The van der Waals surface area contributed by atoms with Crippen molar-refractivity contribution < 1.29 is 18.6 Å². The lowest BCUT2D eigenvalue weighted by atomic mass is 9.94. The smallest absolute Gasteiger partial charge is 0.172 e. The molecule has 2 heterocycles. The second-order valence-corrected chi connectivity index (χ2v) is 7.24. The summed E-state index contributed by atoms with van der Waals surface area (Å²) in [6.45, 7) is 4.29. The molecule has 0 saturated carbocycles. The molecule has 0 spiro atoms. The van der Waals surface area contributed by atoms with Gasteiger partial charge in [0, 0.05) is 31.3 Å². The molecule has 0 bridgehead atoms. The van der Waals surface area contributed by atoms with E-state index in [4.69, 9.17) is 4.74 Å². The molecule has 0 aromatic heterocycles.